The molecule has 2 aromatic rings. The van der Waals surface area contributed by atoms with Gasteiger partial charge in [-0.05, 0) is 44.2 Å². The van der Waals surface area contributed by atoms with E-state index in [4.69, 9.17) is 11.6 Å². The fourth-order valence-corrected chi connectivity index (χ4v) is 2.06. The first-order valence-corrected chi connectivity index (χ1v) is 7.45. The topological polar surface area (TPSA) is 54.0 Å². The van der Waals surface area contributed by atoms with Crippen molar-refractivity contribution in [3.05, 3.63) is 52.8 Å². The number of aromatic nitrogens is 1. The van der Waals surface area contributed by atoms with Gasteiger partial charge in [-0.3, -0.25) is 4.79 Å². The van der Waals surface area contributed by atoms with E-state index in [0.717, 1.165) is 12.1 Å². The van der Waals surface area contributed by atoms with Crippen molar-refractivity contribution in [1.82, 2.24) is 10.3 Å². The second kappa shape index (κ2) is 7.09. The molecular weight excluding hydrogens is 343 g/mol. The quantitative estimate of drug-likeness (QED) is 0.838. The fourth-order valence-electron chi connectivity index (χ4n) is 1.89. The molecule has 0 fully saturated rings. The average molecular weight is 358 g/mol. The van der Waals surface area contributed by atoms with Crippen LogP contribution in [0.4, 0.5) is 24.5 Å². The summed E-state index contributed by atoms with van der Waals surface area (Å²) in [4.78, 5) is 15.8. The number of rotatable bonds is 4. The Morgan fingerprint density at radius 3 is 2.46 bits per heavy atom. The van der Waals surface area contributed by atoms with Crippen LogP contribution in [0.1, 0.15) is 29.9 Å². The molecule has 0 aliphatic heterocycles. The first-order valence-electron chi connectivity index (χ1n) is 7.07. The number of carbonyl (C=O) groups is 1. The molecule has 0 aliphatic rings. The first-order chi connectivity index (χ1) is 11.2. The van der Waals surface area contributed by atoms with Gasteiger partial charge in [0.1, 0.15) is 5.69 Å². The summed E-state index contributed by atoms with van der Waals surface area (Å²) in [5.74, 6) is -0.325. The van der Waals surface area contributed by atoms with Gasteiger partial charge in [-0.2, -0.15) is 13.2 Å². The summed E-state index contributed by atoms with van der Waals surface area (Å²) in [6.07, 6.45) is -3.11. The third-order valence-corrected chi connectivity index (χ3v) is 3.32. The molecule has 0 bridgehead atoms. The largest absolute Gasteiger partial charge is 0.416 e. The van der Waals surface area contributed by atoms with E-state index >= 15 is 0 Å². The van der Waals surface area contributed by atoms with E-state index in [1.54, 1.807) is 6.07 Å². The summed E-state index contributed by atoms with van der Waals surface area (Å²) < 4.78 is 38.3. The van der Waals surface area contributed by atoms with Crippen molar-refractivity contribution < 1.29 is 18.0 Å². The molecule has 1 amide bonds. The van der Waals surface area contributed by atoms with Gasteiger partial charge in [-0.25, -0.2) is 4.98 Å². The van der Waals surface area contributed by atoms with Crippen molar-refractivity contribution >= 4 is 28.9 Å². The van der Waals surface area contributed by atoms with E-state index in [1.807, 2.05) is 13.8 Å². The molecule has 8 heteroatoms. The number of amides is 1. The van der Waals surface area contributed by atoms with Crippen molar-refractivity contribution in [2.75, 3.05) is 5.32 Å². The minimum Gasteiger partial charge on any atom is -0.353 e. The Balaban J connectivity index is 2.18. The van der Waals surface area contributed by atoms with Gasteiger partial charge in [-0.15, -0.1) is 0 Å². The molecule has 0 saturated carbocycles. The second-order valence-electron chi connectivity index (χ2n) is 5.38. The second-order valence-corrected chi connectivity index (χ2v) is 5.78. The SMILES string of the molecule is CC(C)NC(=O)c1ccc(Nc2cc(C(F)(F)F)ccc2Cl)cn1. The maximum Gasteiger partial charge on any atom is 0.416 e. The van der Waals surface area contributed by atoms with Crippen LogP contribution in [0.3, 0.4) is 0 Å². The number of alkyl halides is 3. The maximum atomic E-state index is 12.8. The number of pyridine rings is 1. The molecule has 0 atom stereocenters. The lowest BCUT2D eigenvalue weighted by atomic mass is 10.2. The Bertz CT molecular complexity index is 730. The number of anilines is 2. The highest BCUT2D eigenvalue weighted by Gasteiger charge is 2.31. The predicted molar refractivity (Wildman–Crippen MR) is 86.6 cm³/mol. The Hall–Kier alpha value is -2.28. The highest BCUT2D eigenvalue weighted by Crippen LogP contribution is 2.34. The summed E-state index contributed by atoms with van der Waals surface area (Å²) in [5, 5.41) is 5.60. The standard InChI is InChI=1S/C16H15ClF3N3O/c1-9(2)22-15(24)13-6-4-11(8-21-13)23-14-7-10(16(18,19)20)3-5-12(14)17/h3-9,23H,1-2H3,(H,22,24). The van der Waals surface area contributed by atoms with Gasteiger partial charge < -0.3 is 10.6 Å². The Morgan fingerprint density at radius 1 is 1.21 bits per heavy atom. The molecule has 128 valence electrons. The normalized spacial score (nSPS) is 11.5. The molecule has 0 unspecified atom stereocenters. The molecule has 24 heavy (non-hydrogen) atoms. The number of hydrogen-bond donors (Lipinski definition) is 2. The lowest BCUT2D eigenvalue weighted by Gasteiger charge is -2.13. The molecular formula is C16H15ClF3N3O. The van der Waals surface area contributed by atoms with Crippen LogP contribution in [0, 0.1) is 0 Å². The molecule has 1 aromatic carbocycles. The third kappa shape index (κ3) is 4.61. The van der Waals surface area contributed by atoms with E-state index in [9.17, 15) is 18.0 Å². The van der Waals surface area contributed by atoms with Crippen LogP contribution in [-0.2, 0) is 6.18 Å². The molecule has 1 heterocycles. The highest BCUT2D eigenvalue weighted by atomic mass is 35.5. The van der Waals surface area contributed by atoms with Crippen molar-refractivity contribution in [2.45, 2.75) is 26.1 Å². The molecule has 0 radical (unpaired) electrons. The van der Waals surface area contributed by atoms with Crippen molar-refractivity contribution in [2.24, 2.45) is 0 Å². The fraction of sp³-hybridized carbons (Fsp3) is 0.250. The highest BCUT2D eigenvalue weighted by molar-refractivity contribution is 6.33. The minimum absolute atomic E-state index is 0.0268. The summed E-state index contributed by atoms with van der Waals surface area (Å²) >= 11 is 5.92. The van der Waals surface area contributed by atoms with Crippen LogP contribution in [-0.4, -0.2) is 16.9 Å². The number of nitrogens with zero attached hydrogens (tertiary/aromatic N) is 1. The monoisotopic (exact) mass is 357 g/mol. The van der Waals surface area contributed by atoms with Gasteiger partial charge in [0.05, 0.1) is 28.2 Å². The molecule has 0 spiro atoms. The third-order valence-electron chi connectivity index (χ3n) is 2.99. The van der Waals surface area contributed by atoms with Crippen LogP contribution in [0.15, 0.2) is 36.5 Å². The maximum absolute atomic E-state index is 12.8. The van der Waals surface area contributed by atoms with Crippen LogP contribution in [0.5, 0.6) is 0 Å². The van der Waals surface area contributed by atoms with Crippen LogP contribution in [0.2, 0.25) is 5.02 Å². The number of hydrogen-bond acceptors (Lipinski definition) is 3. The van der Waals surface area contributed by atoms with E-state index in [1.165, 1.54) is 18.3 Å². The van der Waals surface area contributed by atoms with Gasteiger partial charge in [0.2, 0.25) is 0 Å². The van der Waals surface area contributed by atoms with Crippen LogP contribution in [0.25, 0.3) is 0 Å². The summed E-state index contributed by atoms with van der Waals surface area (Å²) in [6, 6.07) is 5.98. The predicted octanol–water partition coefficient (Wildman–Crippen LogP) is 4.64. The van der Waals surface area contributed by atoms with Crippen molar-refractivity contribution in [3.8, 4) is 0 Å². The minimum atomic E-state index is -4.46. The molecule has 0 aliphatic carbocycles. The number of halogens is 4. The Morgan fingerprint density at radius 2 is 1.92 bits per heavy atom. The van der Waals surface area contributed by atoms with Gasteiger partial charge in [0.15, 0.2) is 0 Å². The lowest BCUT2D eigenvalue weighted by Crippen LogP contribution is -2.30. The molecule has 4 nitrogen and oxygen atoms in total. The van der Waals surface area contributed by atoms with Crippen molar-refractivity contribution in [1.29, 1.82) is 0 Å². The van der Waals surface area contributed by atoms with Gasteiger partial charge in [0.25, 0.3) is 5.91 Å². The molecule has 2 rings (SSSR count). The van der Waals surface area contributed by atoms with E-state index in [2.05, 4.69) is 15.6 Å². The Kier molecular flexibility index (Phi) is 5.33. The van der Waals surface area contributed by atoms with Crippen LogP contribution < -0.4 is 10.6 Å². The van der Waals surface area contributed by atoms with Gasteiger partial charge >= 0.3 is 6.18 Å². The van der Waals surface area contributed by atoms with E-state index < -0.39 is 11.7 Å². The summed E-state index contributed by atoms with van der Waals surface area (Å²) in [6.45, 7) is 3.65. The van der Waals surface area contributed by atoms with E-state index in [0.29, 0.717) is 5.69 Å². The molecule has 2 N–H and O–H groups in total. The smallest absolute Gasteiger partial charge is 0.353 e. The number of carbonyl (C=O) groups excluding carboxylic acids is 1. The van der Waals surface area contributed by atoms with Gasteiger partial charge in [0, 0.05) is 6.04 Å². The summed E-state index contributed by atoms with van der Waals surface area (Å²) in [5.41, 5.74) is -0.0790. The Labute approximate surface area is 142 Å². The zero-order chi connectivity index (χ0) is 17.9. The summed E-state index contributed by atoms with van der Waals surface area (Å²) in [7, 11) is 0. The van der Waals surface area contributed by atoms with Crippen LogP contribution >= 0.6 is 11.6 Å². The number of nitrogens with one attached hydrogen (secondary N) is 2. The first kappa shape index (κ1) is 18.1. The molecule has 1 aromatic heterocycles. The average Bonchev–Trinajstić information content (AvgIpc) is 2.48. The zero-order valence-electron chi connectivity index (χ0n) is 12.9. The number of benzene rings is 1. The molecule has 0 saturated heterocycles. The zero-order valence-corrected chi connectivity index (χ0v) is 13.7. The lowest BCUT2D eigenvalue weighted by molar-refractivity contribution is -0.137. The van der Waals surface area contributed by atoms with Gasteiger partial charge in [-0.1, -0.05) is 11.6 Å². The van der Waals surface area contributed by atoms with E-state index in [-0.39, 0.29) is 28.4 Å². The van der Waals surface area contributed by atoms with Crippen molar-refractivity contribution in [3.63, 3.8) is 0 Å².